The molecular formula is C15H21N5O. The Labute approximate surface area is 124 Å². The van der Waals surface area contributed by atoms with E-state index in [0.29, 0.717) is 18.4 Å². The average Bonchev–Trinajstić information content (AvgIpc) is 3.02. The summed E-state index contributed by atoms with van der Waals surface area (Å²) in [5.41, 5.74) is 0. The van der Waals surface area contributed by atoms with Gasteiger partial charge in [0.15, 0.2) is 0 Å². The van der Waals surface area contributed by atoms with E-state index >= 15 is 0 Å². The number of ether oxygens (including phenoxy) is 1. The molecule has 0 aromatic carbocycles. The summed E-state index contributed by atoms with van der Waals surface area (Å²) in [5.74, 6) is 2.31. The molecule has 6 heteroatoms. The van der Waals surface area contributed by atoms with Crippen molar-refractivity contribution in [2.24, 2.45) is 5.92 Å². The monoisotopic (exact) mass is 287 g/mol. The molecule has 112 valence electrons. The molecule has 0 N–H and O–H groups in total. The van der Waals surface area contributed by atoms with E-state index in [0.717, 1.165) is 38.3 Å². The van der Waals surface area contributed by atoms with Gasteiger partial charge in [0, 0.05) is 38.1 Å². The quantitative estimate of drug-likeness (QED) is 0.841. The van der Waals surface area contributed by atoms with Crippen molar-refractivity contribution in [2.75, 3.05) is 24.6 Å². The Morgan fingerprint density at radius 3 is 2.86 bits per heavy atom. The highest BCUT2D eigenvalue weighted by Gasteiger charge is 2.21. The molecule has 0 saturated carbocycles. The molecule has 1 aliphatic heterocycles. The first-order valence-electron chi connectivity index (χ1n) is 7.52. The smallest absolute Gasteiger partial charge is 0.218 e. The second-order valence-corrected chi connectivity index (χ2v) is 5.31. The van der Waals surface area contributed by atoms with E-state index in [2.05, 4.69) is 20.0 Å². The number of anilines is 1. The highest BCUT2D eigenvalue weighted by atomic mass is 16.5. The van der Waals surface area contributed by atoms with E-state index in [1.54, 1.807) is 6.33 Å². The van der Waals surface area contributed by atoms with Gasteiger partial charge in [-0.15, -0.1) is 0 Å². The standard InChI is InChI=1S/C15H21N5O/c1-2-21-15-10-14(16-12-17-15)19-8-4-13(5-9-19)11-20-7-3-6-18-20/h3,6-7,10,12-13H,2,4-5,8-9,11H2,1H3. The fraction of sp³-hybridized carbons (Fsp3) is 0.533. The van der Waals surface area contributed by atoms with Gasteiger partial charge in [-0.25, -0.2) is 9.97 Å². The van der Waals surface area contributed by atoms with Crippen molar-refractivity contribution in [1.82, 2.24) is 19.7 Å². The minimum absolute atomic E-state index is 0.627. The first-order valence-corrected chi connectivity index (χ1v) is 7.52. The predicted molar refractivity (Wildman–Crippen MR) is 80.4 cm³/mol. The number of hydrogen-bond acceptors (Lipinski definition) is 5. The summed E-state index contributed by atoms with van der Waals surface area (Å²) in [6.45, 7) is 5.64. The SMILES string of the molecule is CCOc1cc(N2CCC(Cn3cccn3)CC2)ncn1. The molecule has 3 rings (SSSR count). The lowest BCUT2D eigenvalue weighted by atomic mass is 9.97. The van der Waals surface area contributed by atoms with Crippen molar-refractivity contribution in [3.63, 3.8) is 0 Å². The molecule has 0 amide bonds. The maximum absolute atomic E-state index is 5.44. The predicted octanol–water partition coefficient (Wildman–Crippen LogP) is 1.99. The molecule has 21 heavy (non-hydrogen) atoms. The molecule has 1 fully saturated rings. The number of nitrogens with zero attached hydrogens (tertiary/aromatic N) is 5. The van der Waals surface area contributed by atoms with Gasteiger partial charge >= 0.3 is 0 Å². The second kappa shape index (κ2) is 6.56. The van der Waals surface area contributed by atoms with Crippen molar-refractivity contribution >= 4 is 5.82 Å². The van der Waals surface area contributed by atoms with Crippen molar-refractivity contribution < 1.29 is 4.74 Å². The number of hydrogen-bond donors (Lipinski definition) is 0. The summed E-state index contributed by atoms with van der Waals surface area (Å²) in [6.07, 6.45) is 7.77. The zero-order chi connectivity index (χ0) is 14.5. The lowest BCUT2D eigenvalue weighted by Crippen LogP contribution is -2.35. The Bertz CT molecular complexity index is 549. The molecule has 0 bridgehead atoms. The summed E-state index contributed by atoms with van der Waals surface area (Å²) < 4.78 is 7.47. The third-order valence-electron chi connectivity index (χ3n) is 3.86. The molecule has 3 heterocycles. The van der Waals surface area contributed by atoms with E-state index in [1.165, 1.54) is 0 Å². The molecule has 1 saturated heterocycles. The molecule has 2 aromatic heterocycles. The van der Waals surface area contributed by atoms with Gasteiger partial charge in [-0.05, 0) is 31.7 Å². The minimum Gasteiger partial charge on any atom is -0.478 e. The van der Waals surface area contributed by atoms with Crippen molar-refractivity contribution in [3.05, 3.63) is 30.9 Å². The summed E-state index contributed by atoms with van der Waals surface area (Å²) >= 11 is 0. The molecule has 2 aromatic rings. The van der Waals surface area contributed by atoms with E-state index in [1.807, 2.05) is 36.1 Å². The van der Waals surface area contributed by atoms with Gasteiger partial charge in [-0.2, -0.15) is 5.10 Å². The van der Waals surface area contributed by atoms with E-state index < -0.39 is 0 Å². The largest absolute Gasteiger partial charge is 0.478 e. The van der Waals surface area contributed by atoms with Crippen LogP contribution in [0.3, 0.4) is 0 Å². The molecule has 0 radical (unpaired) electrons. The lowest BCUT2D eigenvalue weighted by Gasteiger charge is -2.32. The Morgan fingerprint density at radius 2 is 2.14 bits per heavy atom. The normalized spacial score (nSPS) is 16.1. The minimum atomic E-state index is 0.627. The van der Waals surface area contributed by atoms with Crippen LogP contribution in [0.4, 0.5) is 5.82 Å². The van der Waals surface area contributed by atoms with Gasteiger partial charge in [0.2, 0.25) is 5.88 Å². The first-order chi connectivity index (χ1) is 10.3. The van der Waals surface area contributed by atoms with Gasteiger partial charge in [0.25, 0.3) is 0 Å². The zero-order valence-corrected chi connectivity index (χ0v) is 12.4. The van der Waals surface area contributed by atoms with Gasteiger partial charge in [0.05, 0.1) is 6.61 Å². The number of aromatic nitrogens is 4. The Hall–Kier alpha value is -2.11. The van der Waals surface area contributed by atoms with Crippen LogP contribution >= 0.6 is 0 Å². The van der Waals surface area contributed by atoms with E-state index in [-0.39, 0.29) is 0 Å². The topological polar surface area (TPSA) is 56.1 Å². The summed E-state index contributed by atoms with van der Waals surface area (Å²) in [5, 5.41) is 4.29. The van der Waals surface area contributed by atoms with Crippen LogP contribution in [0.25, 0.3) is 0 Å². The van der Waals surface area contributed by atoms with Crippen LogP contribution < -0.4 is 9.64 Å². The molecule has 0 spiro atoms. The fourth-order valence-corrected chi connectivity index (χ4v) is 2.75. The van der Waals surface area contributed by atoms with Crippen molar-refractivity contribution in [1.29, 1.82) is 0 Å². The van der Waals surface area contributed by atoms with Crippen molar-refractivity contribution in [3.8, 4) is 5.88 Å². The fourth-order valence-electron chi connectivity index (χ4n) is 2.75. The van der Waals surface area contributed by atoms with Crippen LogP contribution in [0, 0.1) is 5.92 Å². The molecular weight excluding hydrogens is 266 g/mol. The Balaban J connectivity index is 1.56. The van der Waals surface area contributed by atoms with Crippen LogP contribution in [0.5, 0.6) is 5.88 Å². The molecule has 0 atom stereocenters. The lowest BCUT2D eigenvalue weighted by molar-refractivity contribution is 0.324. The van der Waals surface area contributed by atoms with Gasteiger partial charge < -0.3 is 9.64 Å². The van der Waals surface area contributed by atoms with E-state index in [9.17, 15) is 0 Å². The van der Waals surface area contributed by atoms with Crippen LogP contribution in [0.1, 0.15) is 19.8 Å². The van der Waals surface area contributed by atoms with Crippen molar-refractivity contribution in [2.45, 2.75) is 26.3 Å². The molecule has 0 aliphatic carbocycles. The van der Waals surface area contributed by atoms with Crippen LogP contribution in [0.2, 0.25) is 0 Å². The van der Waals surface area contributed by atoms with E-state index in [4.69, 9.17) is 4.74 Å². The molecule has 6 nitrogen and oxygen atoms in total. The third-order valence-corrected chi connectivity index (χ3v) is 3.86. The maximum Gasteiger partial charge on any atom is 0.218 e. The molecule has 1 aliphatic rings. The average molecular weight is 287 g/mol. The summed E-state index contributed by atoms with van der Waals surface area (Å²) in [7, 11) is 0. The zero-order valence-electron chi connectivity index (χ0n) is 12.4. The number of piperidine rings is 1. The van der Waals surface area contributed by atoms with Crippen LogP contribution in [-0.2, 0) is 6.54 Å². The van der Waals surface area contributed by atoms with Gasteiger partial charge in [0.1, 0.15) is 12.1 Å². The Morgan fingerprint density at radius 1 is 1.29 bits per heavy atom. The summed E-state index contributed by atoms with van der Waals surface area (Å²) in [6, 6.07) is 3.91. The third kappa shape index (κ3) is 3.51. The van der Waals surface area contributed by atoms with Gasteiger partial charge in [-0.1, -0.05) is 0 Å². The first kappa shape index (κ1) is 13.9. The van der Waals surface area contributed by atoms with Gasteiger partial charge in [-0.3, -0.25) is 4.68 Å². The highest BCUT2D eigenvalue weighted by molar-refractivity contribution is 5.41. The molecule has 0 unspecified atom stereocenters. The number of rotatable bonds is 5. The van der Waals surface area contributed by atoms with Crippen LogP contribution in [-0.4, -0.2) is 39.4 Å². The Kier molecular flexibility index (Phi) is 4.33. The maximum atomic E-state index is 5.44. The second-order valence-electron chi connectivity index (χ2n) is 5.31. The highest BCUT2D eigenvalue weighted by Crippen LogP contribution is 2.24. The van der Waals surface area contributed by atoms with Crippen LogP contribution in [0.15, 0.2) is 30.9 Å². The summed E-state index contributed by atoms with van der Waals surface area (Å²) in [4.78, 5) is 10.8.